The second-order valence-corrected chi connectivity index (χ2v) is 18.7. The Morgan fingerprint density at radius 1 is 0.507 bits per heavy atom. The summed E-state index contributed by atoms with van der Waals surface area (Å²) < 4.78 is 34.3. The summed E-state index contributed by atoms with van der Waals surface area (Å²) in [6, 6.07) is 0. The standard InChI is InChI=1S/C53H96O14/c1-3-5-7-9-11-13-15-17-19-20-21-23-25-27-29-31-33-35-37-62-39-42(65-45(55)36-34-32-30-28-26-24-22-18-16-14-12-10-8-6-4-2)40-63-52-51(61)49(59)47(57)44(67-52)41-64-53-50(60)48(58)46(56)43(38-54)66-53/h5,7,11,13,17,19,42-44,46-54,56-61H,3-4,6,8-10,12,14-16,18,20-41H2,1-2H3/b7-5-,13-11-,19-17-. The van der Waals surface area contributed by atoms with Gasteiger partial charge in [-0.25, -0.2) is 0 Å². The SMILES string of the molecule is CC/C=C\C/C=C\C/C=C\CCCCCCCCCCOCC(COC1OC(COC2OC(CO)C(O)C(O)C2O)C(O)C(O)C1O)OC(=O)CCCCCCCCCCCCCCCCC. The number of aliphatic hydroxyl groups is 7. The van der Waals surface area contributed by atoms with Gasteiger partial charge in [-0.15, -0.1) is 0 Å². The Balaban J connectivity index is 1.75. The molecule has 0 amide bonds. The van der Waals surface area contributed by atoms with E-state index in [1.54, 1.807) is 0 Å². The number of carbonyl (C=O) groups is 1. The molecule has 0 bridgehead atoms. The molecule has 0 saturated carbocycles. The maximum atomic E-state index is 13.0. The highest BCUT2D eigenvalue weighted by Gasteiger charge is 2.47. The van der Waals surface area contributed by atoms with Crippen LogP contribution in [0.4, 0.5) is 0 Å². The first-order chi connectivity index (χ1) is 32.6. The van der Waals surface area contributed by atoms with Gasteiger partial charge >= 0.3 is 5.97 Å². The third-order valence-electron chi connectivity index (χ3n) is 12.7. The largest absolute Gasteiger partial charge is 0.457 e. The Hall–Kier alpha value is -1.79. The molecular weight excluding hydrogens is 861 g/mol. The molecule has 2 fully saturated rings. The molecule has 392 valence electrons. The third kappa shape index (κ3) is 28.6. The lowest BCUT2D eigenvalue weighted by Gasteiger charge is -2.42. The minimum atomic E-state index is -1.71. The molecule has 2 rings (SSSR count). The van der Waals surface area contributed by atoms with Crippen LogP contribution in [0.25, 0.3) is 0 Å². The van der Waals surface area contributed by atoms with Gasteiger partial charge in [-0.3, -0.25) is 4.79 Å². The van der Waals surface area contributed by atoms with Gasteiger partial charge in [0.1, 0.15) is 54.9 Å². The highest BCUT2D eigenvalue weighted by Crippen LogP contribution is 2.26. The highest BCUT2D eigenvalue weighted by molar-refractivity contribution is 5.69. The van der Waals surface area contributed by atoms with Crippen molar-refractivity contribution in [1.82, 2.24) is 0 Å². The van der Waals surface area contributed by atoms with Gasteiger partial charge in [0, 0.05) is 13.0 Å². The van der Waals surface area contributed by atoms with E-state index in [9.17, 15) is 40.5 Å². The van der Waals surface area contributed by atoms with E-state index in [2.05, 4.69) is 50.3 Å². The third-order valence-corrected chi connectivity index (χ3v) is 12.7. The van der Waals surface area contributed by atoms with Crippen LogP contribution in [0.2, 0.25) is 0 Å². The van der Waals surface area contributed by atoms with Gasteiger partial charge in [-0.2, -0.15) is 0 Å². The van der Waals surface area contributed by atoms with Crippen molar-refractivity contribution in [3.8, 4) is 0 Å². The number of allylic oxidation sites excluding steroid dienone is 6. The van der Waals surface area contributed by atoms with Crippen LogP contribution in [0.15, 0.2) is 36.5 Å². The molecule has 0 aliphatic carbocycles. The van der Waals surface area contributed by atoms with Crippen molar-refractivity contribution in [3.05, 3.63) is 36.5 Å². The van der Waals surface area contributed by atoms with Gasteiger partial charge < -0.3 is 64.2 Å². The van der Waals surface area contributed by atoms with E-state index in [1.807, 2.05) is 0 Å². The molecule has 0 radical (unpaired) electrons. The average molecular weight is 957 g/mol. The number of hydrogen-bond donors (Lipinski definition) is 7. The van der Waals surface area contributed by atoms with Crippen LogP contribution in [0.1, 0.15) is 194 Å². The molecule has 14 nitrogen and oxygen atoms in total. The molecule has 11 atom stereocenters. The van der Waals surface area contributed by atoms with Crippen LogP contribution >= 0.6 is 0 Å². The first-order valence-electron chi connectivity index (χ1n) is 26.6. The summed E-state index contributed by atoms with van der Waals surface area (Å²) >= 11 is 0. The molecule has 7 N–H and O–H groups in total. The lowest BCUT2D eigenvalue weighted by molar-refractivity contribution is -0.332. The van der Waals surface area contributed by atoms with E-state index >= 15 is 0 Å². The molecular formula is C53H96O14. The second kappa shape index (κ2) is 40.9. The smallest absolute Gasteiger partial charge is 0.306 e. The van der Waals surface area contributed by atoms with Gasteiger partial charge in [0.05, 0.1) is 26.4 Å². The van der Waals surface area contributed by atoms with Crippen LogP contribution in [0, 0.1) is 0 Å². The quantitative estimate of drug-likeness (QED) is 0.0175. The highest BCUT2D eigenvalue weighted by atomic mass is 16.7. The van der Waals surface area contributed by atoms with Gasteiger partial charge in [0.2, 0.25) is 0 Å². The maximum absolute atomic E-state index is 13.0. The molecule has 14 heteroatoms. The Morgan fingerprint density at radius 3 is 1.52 bits per heavy atom. The second-order valence-electron chi connectivity index (χ2n) is 18.7. The lowest BCUT2D eigenvalue weighted by Crippen LogP contribution is -2.61. The summed E-state index contributed by atoms with van der Waals surface area (Å²) in [5.41, 5.74) is 0. The zero-order chi connectivity index (χ0) is 48.7. The zero-order valence-corrected chi connectivity index (χ0v) is 41.6. The van der Waals surface area contributed by atoms with Crippen molar-refractivity contribution in [2.75, 3.05) is 33.0 Å². The van der Waals surface area contributed by atoms with Crippen LogP contribution in [0.5, 0.6) is 0 Å². The topological polar surface area (TPSA) is 214 Å². The monoisotopic (exact) mass is 957 g/mol. The fourth-order valence-electron chi connectivity index (χ4n) is 8.36. The molecule has 0 aromatic rings. The van der Waals surface area contributed by atoms with Gasteiger partial charge in [0.15, 0.2) is 12.6 Å². The first kappa shape index (κ1) is 61.3. The van der Waals surface area contributed by atoms with Crippen LogP contribution in [0.3, 0.4) is 0 Å². The molecule has 2 aliphatic rings. The summed E-state index contributed by atoms with van der Waals surface area (Å²) in [4.78, 5) is 13.0. The number of esters is 1. The molecule has 0 aromatic carbocycles. The molecule has 2 saturated heterocycles. The van der Waals surface area contributed by atoms with Crippen molar-refractivity contribution in [3.63, 3.8) is 0 Å². The van der Waals surface area contributed by atoms with Gasteiger partial charge in [-0.05, 0) is 44.9 Å². The van der Waals surface area contributed by atoms with E-state index in [0.717, 1.165) is 64.2 Å². The molecule has 2 heterocycles. The van der Waals surface area contributed by atoms with Crippen molar-refractivity contribution in [2.24, 2.45) is 0 Å². The van der Waals surface area contributed by atoms with Crippen LogP contribution < -0.4 is 0 Å². The summed E-state index contributed by atoms with van der Waals surface area (Å²) in [5, 5.41) is 72.2. The summed E-state index contributed by atoms with van der Waals surface area (Å²) in [5.74, 6) is -0.377. The number of ether oxygens (including phenoxy) is 6. The van der Waals surface area contributed by atoms with Crippen LogP contribution in [-0.4, -0.2) is 142 Å². The predicted octanol–water partition coefficient (Wildman–Crippen LogP) is 8.19. The molecule has 2 aliphatic heterocycles. The van der Waals surface area contributed by atoms with Crippen molar-refractivity contribution < 1.29 is 69.0 Å². The average Bonchev–Trinajstić information content (AvgIpc) is 3.32. The van der Waals surface area contributed by atoms with E-state index in [1.165, 1.54) is 103 Å². The minimum absolute atomic E-state index is 0.0588. The fourth-order valence-corrected chi connectivity index (χ4v) is 8.36. The normalized spacial score (nSPS) is 26.3. The number of unbranched alkanes of at least 4 members (excludes halogenated alkanes) is 22. The maximum Gasteiger partial charge on any atom is 0.306 e. The van der Waals surface area contributed by atoms with Crippen molar-refractivity contribution in [2.45, 2.75) is 261 Å². The van der Waals surface area contributed by atoms with E-state index in [-0.39, 0.29) is 25.6 Å². The Morgan fingerprint density at radius 2 is 0.970 bits per heavy atom. The van der Waals surface area contributed by atoms with Crippen molar-refractivity contribution in [1.29, 1.82) is 0 Å². The van der Waals surface area contributed by atoms with Crippen molar-refractivity contribution >= 4 is 5.97 Å². The van der Waals surface area contributed by atoms with E-state index in [4.69, 9.17) is 28.4 Å². The molecule has 0 spiro atoms. The first-order valence-corrected chi connectivity index (χ1v) is 26.6. The molecule has 11 unspecified atom stereocenters. The summed E-state index contributed by atoms with van der Waals surface area (Å²) in [7, 11) is 0. The Bertz CT molecular complexity index is 1250. The number of aliphatic hydroxyl groups excluding tert-OH is 7. The Labute approximate surface area is 404 Å². The van der Waals surface area contributed by atoms with Gasteiger partial charge in [0.25, 0.3) is 0 Å². The number of hydrogen-bond acceptors (Lipinski definition) is 14. The number of rotatable bonds is 42. The summed E-state index contributed by atoms with van der Waals surface area (Å²) in [6.45, 7) is 3.58. The fraction of sp³-hybridized carbons (Fsp3) is 0.868. The molecule has 67 heavy (non-hydrogen) atoms. The summed E-state index contributed by atoms with van der Waals surface area (Å²) in [6.07, 6.45) is 29.1. The zero-order valence-electron chi connectivity index (χ0n) is 41.6. The van der Waals surface area contributed by atoms with E-state index < -0.39 is 80.7 Å². The molecule has 0 aromatic heterocycles. The lowest BCUT2D eigenvalue weighted by atomic mass is 9.98. The number of carbonyl (C=O) groups excluding carboxylic acids is 1. The van der Waals surface area contributed by atoms with E-state index in [0.29, 0.717) is 13.0 Å². The Kier molecular flexibility index (Phi) is 37.4. The predicted molar refractivity (Wildman–Crippen MR) is 261 cm³/mol. The van der Waals surface area contributed by atoms with Crippen LogP contribution in [-0.2, 0) is 33.2 Å². The minimum Gasteiger partial charge on any atom is -0.457 e. The van der Waals surface area contributed by atoms with Gasteiger partial charge in [-0.1, -0.05) is 179 Å².